The van der Waals surface area contributed by atoms with Crippen LogP contribution in [-0.4, -0.2) is 20.6 Å². The molecule has 0 unspecified atom stereocenters. The lowest BCUT2D eigenvalue weighted by molar-refractivity contribution is 0.0695. The van der Waals surface area contributed by atoms with Crippen molar-refractivity contribution in [3.8, 4) is 0 Å². The fraction of sp³-hybridized carbons (Fsp3) is 0.194. The van der Waals surface area contributed by atoms with Crippen molar-refractivity contribution in [2.45, 2.75) is 38.6 Å². The molecule has 6 nitrogen and oxygen atoms in total. The van der Waals surface area contributed by atoms with Gasteiger partial charge in [0.1, 0.15) is 0 Å². The number of carboxylic acid groups (broad SMARTS) is 1. The van der Waals surface area contributed by atoms with Gasteiger partial charge in [-0.05, 0) is 52.3 Å². The summed E-state index contributed by atoms with van der Waals surface area (Å²) in [7, 11) is 0. The van der Waals surface area contributed by atoms with Crippen LogP contribution < -0.4 is 11.2 Å². The van der Waals surface area contributed by atoms with Crippen molar-refractivity contribution in [1.82, 2.24) is 9.55 Å². The highest BCUT2D eigenvalue weighted by molar-refractivity contribution is 5.89. The molecule has 2 N–H and O–H groups in total. The Bertz CT molecular complexity index is 1580. The van der Waals surface area contributed by atoms with Gasteiger partial charge in [-0.15, -0.1) is 0 Å². The fourth-order valence-corrected chi connectivity index (χ4v) is 5.09. The van der Waals surface area contributed by atoms with Crippen LogP contribution in [-0.2, 0) is 13.0 Å². The number of aromatic nitrogens is 2. The van der Waals surface area contributed by atoms with Crippen LogP contribution in [0.3, 0.4) is 0 Å². The van der Waals surface area contributed by atoms with Gasteiger partial charge in [0, 0.05) is 17.7 Å². The molecular weight excluding hydrogens is 464 g/mol. The summed E-state index contributed by atoms with van der Waals surface area (Å²) in [5, 5.41) is 9.75. The molecule has 0 spiro atoms. The summed E-state index contributed by atoms with van der Waals surface area (Å²) in [6.07, 6.45) is 8.28. The van der Waals surface area contributed by atoms with Crippen molar-refractivity contribution in [2.75, 3.05) is 0 Å². The maximum absolute atomic E-state index is 13.2. The molecule has 0 bridgehead atoms. The predicted molar refractivity (Wildman–Crippen MR) is 145 cm³/mol. The Kier molecular flexibility index (Phi) is 6.73. The van der Waals surface area contributed by atoms with Gasteiger partial charge in [0.15, 0.2) is 0 Å². The lowest BCUT2D eigenvalue weighted by Gasteiger charge is -2.21. The summed E-state index contributed by atoms with van der Waals surface area (Å²) in [5.74, 6) is -1.36. The highest BCUT2D eigenvalue weighted by atomic mass is 16.4. The first-order valence-electron chi connectivity index (χ1n) is 12.5. The third-order valence-electron chi connectivity index (χ3n) is 6.96. The Hall–Kier alpha value is -4.45. The summed E-state index contributed by atoms with van der Waals surface area (Å²) < 4.78 is 1.45. The molecule has 1 aliphatic carbocycles. The standard InChI is InChI=1S/C31H28N2O4/c1-2-3-8-23-14-13-20(17-26(23)30(35)36)18-33-19-27(29(34)32-31(33)37)28-24-11-6-4-9-21(24)15-16-22-10-5-7-12-25(22)28/h4-7,9-17,19,28H,2-3,8,18H2,1H3,(H,35,36)(H,32,34,37). The highest BCUT2D eigenvalue weighted by Crippen LogP contribution is 2.37. The van der Waals surface area contributed by atoms with Crippen LogP contribution in [0.25, 0.3) is 12.2 Å². The van der Waals surface area contributed by atoms with Gasteiger partial charge in [0.05, 0.1) is 12.1 Å². The Balaban J connectivity index is 1.61. The second-order valence-corrected chi connectivity index (χ2v) is 9.40. The van der Waals surface area contributed by atoms with E-state index >= 15 is 0 Å². The number of fused-ring (bicyclic) bond motifs is 2. The third-order valence-corrected chi connectivity index (χ3v) is 6.96. The lowest BCUT2D eigenvalue weighted by Crippen LogP contribution is -2.33. The topological polar surface area (TPSA) is 92.2 Å². The van der Waals surface area contributed by atoms with Crippen molar-refractivity contribution < 1.29 is 9.90 Å². The van der Waals surface area contributed by atoms with E-state index in [1.165, 1.54) is 4.57 Å². The summed E-state index contributed by atoms with van der Waals surface area (Å²) in [4.78, 5) is 40.4. The molecule has 37 heavy (non-hydrogen) atoms. The molecule has 5 rings (SSSR count). The normalized spacial score (nSPS) is 12.6. The Morgan fingerprint density at radius 3 is 2.19 bits per heavy atom. The number of aromatic carboxylic acids is 1. The van der Waals surface area contributed by atoms with E-state index in [4.69, 9.17) is 0 Å². The van der Waals surface area contributed by atoms with E-state index in [9.17, 15) is 19.5 Å². The van der Waals surface area contributed by atoms with Crippen LogP contribution >= 0.6 is 0 Å². The number of aryl methyl sites for hydroxylation is 1. The zero-order chi connectivity index (χ0) is 25.9. The van der Waals surface area contributed by atoms with Gasteiger partial charge in [-0.25, -0.2) is 9.59 Å². The number of rotatable bonds is 7. The molecule has 0 radical (unpaired) electrons. The summed E-state index contributed by atoms with van der Waals surface area (Å²) >= 11 is 0. The Labute approximate surface area is 214 Å². The summed E-state index contributed by atoms with van der Waals surface area (Å²) in [6.45, 7) is 2.21. The van der Waals surface area contributed by atoms with Gasteiger partial charge in [0.2, 0.25) is 0 Å². The van der Waals surface area contributed by atoms with Crippen molar-refractivity contribution in [3.63, 3.8) is 0 Å². The molecule has 0 amide bonds. The maximum Gasteiger partial charge on any atom is 0.335 e. The molecule has 3 aromatic carbocycles. The van der Waals surface area contributed by atoms with Crippen LogP contribution in [0.2, 0.25) is 0 Å². The van der Waals surface area contributed by atoms with E-state index in [0.717, 1.165) is 40.7 Å². The molecule has 0 atom stereocenters. The number of unbranched alkanes of at least 4 members (excludes halogenated alkanes) is 1. The first kappa shape index (κ1) is 24.3. The van der Waals surface area contributed by atoms with E-state index in [1.807, 2.05) is 72.8 Å². The van der Waals surface area contributed by atoms with Gasteiger partial charge in [-0.3, -0.25) is 14.3 Å². The molecule has 1 aromatic heterocycles. The number of hydrogen-bond donors (Lipinski definition) is 2. The highest BCUT2D eigenvalue weighted by Gasteiger charge is 2.26. The zero-order valence-corrected chi connectivity index (χ0v) is 20.6. The number of hydrogen-bond acceptors (Lipinski definition) is 3. The minimum absolute atomic E-state index is 0.144. The van der Waals surface area contributed by atoms with E-state index < -0.39 is 17.2 Å². The molecule has 1 heterocycles. The quantitative estimate of drug-likeness (QED) is 0.323. The number of benzene rings is 3. The van der Waals surface area contributed by atoms with Gasteiger partial charge < -0.3 is 5.11 Å². The number of nitrogens with one attached hydrogen (secondary N) is 1. The average Bonchev–Trinajstić information content (AvgIpc) is 3.06. The van der Waals surface area contributed by atoms with Crippen molar-refractivity contribution >= 4 is 18.1 Å². The van der Waals surface area contributed by atoms with Crippen LogP contribution in [0.15, 0.2) is 82.5 Å². The molecule has 1 aliphatic rings. The Morgan fingerprint density at radius 1 is 0.919 bits per heavy atom. The molecule has 186 valence electrons. The van der Waals surface area contributed by atoms with Crippen LogP contribution in [0.1, 0.15) is 75.0 Å². The van der Waals surface area contributed by atoms with E-state index in [-0.39, 0.29) is 18.0 Å². The van der Waals surface area contributed by atoms with E-state index in [1.54, 1.807) is 12.3 Å². The molecule has 0 saturated heterocycles. The monoisotopic (exact) mass is 492 g/mol. The van der Waals surface area contributed by atoms with Crippen molar-refractivity contribution in [3.05, 3.63) is 138 Å². The second kappa shape index (κ2) is 10.3. The average molecular weight is 493 g/mol. The molecule has 0 fully saturated rings. The third kappa shape index (κ3) is 4.83. The molecule has 6 heteroatoms. The van der Waals surface area contributed by atoms with Crippen molar-refractivity contribution in [1.29, 1.82) is 0 Å². The fourth-order valence-electron chi connectivity index (χ4n) is 5.09. The predicted octanol–water partition coefficient (Wildman–Crippen LogP) is 5.29. The summed E-state index contributed by atoms with van der Waals surface area (Å²) in [6, 6.07) is 21.2. The minimum atomic E-state index is -0.985. The minimum Gasteiger partial charge on any atom is -0.478 e. The van der Waals surface area contributed by atoms with Crippen molar-refractivity contribution in [2.24, 2.45) is 0 Å². The number of nitrogens with zero attached hydrogens (tertiary/aromatic N) is 1. The maximum atomic E-state index is 13.2. The first-order chi connectivity index (χ1) is 18.0. The smallest absolute Gasteiger partial charge is 0.335 e. The van der Waals surface area contributed by atoms with Gasteiger partial charge in [0.25, 0.3) is 5.56 Å². The number of H-pyrrole nitrogens is 1. The molecule has 0 saturated carbocycles. The lowest BCUT2D eigenvalue weighted by atomic mass is 9.83. The van der Waals surface area contributed by atoms with Gasteiger partial charge in [-0.1, -0.05) is 86.2 Å². The van der Waals surface area contributed by atoms with Gasteiger partial charge in [-0.2, -0.15) is 0 Å². The molecular formula is C31H28N2O4. The SMILES string of the molecule is CCCCc1ccc(Cn2cc(C3c4ccccc4C=Cc4ccccc43)c(=O)[nH]c2=O)cc1C(=O)O. The van der Waals surface area contributed by atoms with Gasteiger partial charge >= 0.3 is 11.7 Å². The largest absolute Gasteiger partial charge is 0.478 e. The second-order valence-electron chi connectivity index (χ2n) is 9.40. The summed E-state index contributed by atoms with van der Waals surface area (Å²) in [5.41, 5.74) is 5.19. The number of carbonyl (C=O) groups is 1. The first-order valence-corrected chi connectivity index (χ1v) is 12.5. The van der Waals surface area contributed by atoms with Crippen LogP contribution in [0, 0.1) is 0 Å². The van der Waals surface area contributed by atoms with E-state index in [2.05, 4.69) is 11.9 Å². The Morgan fingerprint density at radius 2 is 1.57 bits per heavy atom. The number of aromatic amines is 1. The zero-order valence-electron chi connectivity index (χ0n) is 20.6. The molecule has 0 aliphatic heterocycles. The molecule has 4 aromatic rings. The van der Waals surface area contributed by atoms with Crippen LogP contribution in [0.4, 0.5) is 0 Å². The number of carboxylic acids is 1. The van der Waals surface area contributed by atoms with E-state index in [0.29, 0.717) is 17.5 Å². The van der Waals surface area contributed by atoms with Crippen LogP contribution in [0.5, 0.6) is 0 Å².